The van der Waals surface area contributed by atoms with Crippen molar-refractivity contribution in [2.24, 2.45) is 17.5 Å². The quantitative estimate of drug-likeness (QED) is 0.305. The fourth-order valence-corrected chi connectivity index (χ4v) is 5.16. The number of benzene rings is 1. The summed E-state index contributed by atoms with van der Waals surface area (Å²) in [4.78, 5) is 4.91. The van der Waals surface area contributed by atoms with Gasteiger partial charge < -0.3 is 19.9 Å². The van der Waals surface area contributed by atoms with Crippen LogP contribution in [-0.4, -0.2) is 39.5 Å². The van der Waals surface area contributed by atoms with Gasteiger partial charge in [-0.3, -0.25) is 0 Å². The van der Waals surface area contributed by atoms with Crippen LogP contribution in [0.2, 0.25) is 0 Å². The molecule has 2 saturated carbocycles. The second-order valence-corrected chi connectivity index (χ2v) is 8.98. The average molecular weight is 553 g/mol. The second-order valence-electron chi connectivity index (χ2n) is 8.98. The Kier molecular flexibility index (Phi) is 8.55. The molecule has 2 aliphatic carbocycles. The zero-order valence-corrected chi connectivity index (χ0v) is 22.0. The van der Waals surface area contributed by atoms with Gasteiger partial charge in [0.2, 0.25) is 0 Å². The van der Waals surface area contributed by atoms with Crippen molar-refractivity contribution in [1.82, 2.24) is 25.4 Å². The zero-order chi connectivity index (χ0) is 21.8. The van der Waals surface area contributed by atoms with Crippen molar-refractivity contribution in [3.05, 3.63) is 47.5 Å². The maximum Gasteiger partial charge on any atom is 0.192 e. The lowest BCUT2D eigenvalue weighted by Crippen LogP contribution is -2.65. The van der Waals surface area contributed by atoms with Crippen LogP contribution >= 0.6 is 24.0 Å². The van der Waals surface area contributed by atoms with E-state index in [-0.39, 0.29) is 35.4 Å². The summed E-state index contributed by atoms with van der Waals surface area (Å²) in [6.07, 6.45) is 6.46. The highest BCUT2D eigenvalue weighted by Gasteiger charge is 2.57. The Morgan fingerprint density at radius 3 is 2.59 bits per heavy atom. The summed E-state index contributed by atoms with van der Waals surface area (Å²) in [5.41, 5.74) is 1.48. The number of nitrogens with one attached hydrogen (secondary N) is 2. The van der Waals surface area contributed by atoms with E-state index in [1.54, 1.807) is 0 Å². The summed E-state index contributed by atoms with van der Waals surface area (Å²) in [6.45, 7) is 7.51. The molecule has 8 heteroatoms. The maximum absolute atomic E-state index is 6.10. The van der Waals surface area contributed by atoms with E-state index in [4.69, 9.17) is 9.73 Å². The van der Waals surface area contributed by atoms with Crippen LogP contribution in [0, 0.1) is 12.3 Å². The standard InChI is InChI=1S/C24H36N6O.HI/c1-5-31-21-15-20(24(21)13-9-10-14-24)27-23(25-16-22-29-28-18(3)30(22)4)26-17(2)19-11-7-6-8-12-19;/h6-8,11-12,17,20-21H,5,9-10,13-16H2,1-4H3,(H2,25,26,27);1H. The average Bonchev–Trinajstić information content (AvgIpc) is 3.41. The van der Waals surface area contributed by atoms with Gasteiger partial charge in [-0.05, 0) is 45.6 Å². The first-order valence-corrected chi connectivity index (χ1v) is 11.6. The van der Waals surface area contributed by atoms with Gasteiger partial charge in [-0.2, -0.15) is 0 Å². The maximum atomic E-state index is 6.10. The van der Waals surface area contributed by atoms with Gasteiger partial charge >= 0.3 is 0 Å². The Hall–Kier alpha value is -1.68. The molecule has 176 valence electrons. The molecule has 0 aliphatic heterocycles. The first-order valence-electron chi connectivity index (χ1n) is 11.6. The first kappa shape index (κ1) is 25.0. The number of halogens is 1. The van der Waals surface area contributed by atoms with Crippen molar-refractivity contribution < 1.29 is 4.74 Å². The van der Waals surface area contributed by atoms with Crippen molar-refractivity contribution in [3.8, 4) is 0 Å². The van der Waals surface area contributed by atoms with Gasteiger partial charge in [0.15, 0.2) is 11.8 Å². The van der Waals surface area contributed by atoms with E-state index in [9.17, 15) is 0 Å². The largest absolute Gasteiger partial charge is 0.378 e. The van der Waals surface area contributed by atoms with Crippen LogP contribution in [0.4, 0.5) is 0 Å². The Balaban J connectivity index is 0.00000289. The fraction of sp³-hybridized carbons (Fsp3) is 0.625. The molecule has 1 aromatic carbocycles. The van der Waals surface area contributed by atoms with Crippen molar-refractivity contribution >= 4 is 29.9 Å². The summed E-state index contributed by atoms with van der Waals surface area (Å²) in [5, 5.41) is 15.8. The molecule has 4 rings (SSSR count). The molecule has 1 aromatic heterocycles. The second kappa shape index (κ2) is 11.0. The molecular weight excluding hydrogens is 515 g/mol. The Morgan fingerprint density at radius 1 is 1.25 bits per heavy atom. The van der Waals surface area contributed by atoms with Crippen LogP contribution < -0.4 is 10.6 Å². The Labute approximate surface area is 208 Å². The minimum atomic E-state index is 0. The van der Waals surface area contributed by atoms with Gasteiger partial charge in [-0.25, -0.2) is 4.99 Å². The normalized spacial score (nSPS) is 22.8. The fourth-order valence-electron chi connectivity index (χ4n) is 5.16. The number of ether oxygens (including phenoxy) is 1. The van der Waals surface area contributed by atoms with E-state index in [2.05, 4.69) is 58.9 Å². The highest BCUT2D eigenvalue weighted by atomic mass is 127. The van der Waals surface area contributed by atoms with Crippen molar-refractivity contribution in [2.75, 3.05) is 6.61 Å². The molecule has 0 amide bonds. The van der Waals surface area contributed by atoms with Gasteiger partial charge in [0.05, 0.1) is 12.1 Å². The predicted octanol–water partition coefficient (Wildman–Crippen LogP) is 4.28. The number of nitrogens with zero attached hydrogens (tertiary/aromatic N) is 4. The molecule has 1 heterocycles. The molecule has 0 bridgehead atoms. The minimum Gasteiger partial charge on any atom is -0.378 e. The van der Waals surface area contributed by atoms with Crippen LogP contribution in [0.1, 0.15) is 69.2 Å². The molecule has 3 unspecified atom stereocenters. The molecular formula is C24H37IN6O. The van der Waals surface area contributed by atoms with Gasteiger partial charge in [-0.15, -0.1) is 34.2 Å². The lowest BCUT2D eigenvalue weighted by Gasteiger charge is -2.54. The molecule has 32 heavy (non-hydrogen) atoms. The van der Waals surface area contributed by atoms with E-state index in [0.717, 1.165) is 30.6 Å². The lowest BCUT2D eigenvalue weighted by atomic mass is 9.60. The molecule has 2 fully saturated rings. The van der Waals surface area contributed by atoms with Crippen LogP contribution in [-0.2, 0) is 18.3 Å². The number of hydrogen-bond acceptors (Lipinski definition) is 4. The lowest BCUT2D eigenvalue weighted by molar-refractivity contribution is -0.125. The molecule has 0 saturated heterocycles. The van der Waals surface area contributed by atoms with Crippen LogP contribution in [0.3, 0.4) is 0 Å². The topological polar surface area (TPSA) is 76.4 Å². The third-order valence-electron chi connectivity index (χ3n) is 7.21. The summed E-state index contributed by atoms with van der Waals surface area (Å²) < 4.78 is 8.10. The summed E-state index contributed by atoms with van der Waals surface area (Å²) in [5.74, 6) is 2.60. The molecule has 2 N–H and O–H groups in total. The SMILES string of the molecule is CCOC1CC(NC(=NCc2nnc(C)n2C)NC(C)c2ccccc2)C12CCCC2.I. The Bertz CT molecular complexity index is 893. The number of aliphatic imine (C=N–C) groups is 1. The van der Waals surface area contributed by atoms with Crippen LogP contribution in [0.15, 0.2) is 35.3 Å². The van der Waals surface area contributed by atoms with E-state index in [1.165, 1.54) is 31.2 Å². The zero-order valence-electron chi connectivity index (χ0n) is 19.7. The predicted molar refractivity (Wildman–Crippen MR) is 138 cm³/mol. The van der Waals surface area contributed by atoms with E-state index >= 15 is 0 Å². The monoisotopic (exact) mass is 552 g/mol. The van der Waals surface area contributed by atoms with E-state index in [1.807, 2.05) is 24.6 Å². The van der Waals surface area contributed by atoms with E-state index in [0.29, 0.717) is 18.7 Å². The van der Waals surface area contributed by atoms with Crippen LogP contribution in [0.5, 0.6) is 0 Å². The highest BCUT2D eigenvalue weighted by Crippen LogP contribution is 2.54. The van der Waals surface area contributed by atoms with Crippen LogP contribution in [0.25, 0.3) is 0 Å². The first-order chi connectivity index (χ1) is 15.0. The molecule has 2 aliphatic rings. The van der Waals surface area contributed by atoms with Gasteiger partial charge in [0.1, 0.15) is 12.4 Å². The highest BCUT2D eigenvalue weighted by molar-refractivity contribution is 14.0. The number of hydrogen-bond donors (Lipinski definition) is 2. The van der Waals surface area contributed by atoms with Gasteiger partial charge in [-0.1, -0.05) is 43.2 Å². The third kappa shape index (κ3) is 5.11. The number of aromatic nitrogens is 3. The molecule has 0 radical (unpaired) electrons. The van der Waals surface area contributed by atoms with Crippen molar-refractivity contribution in [1.29, 1.82) is 0 Å². The number of aryl methyl sites for hydroxylation is 1. The number of guanidine groups is 1. The molecule has 7 nitrogen and oxygen atoms in total. The summed E-state index contributed by atoms with van der Waals surface area (Å²) in [6, 6.07) is 11.0. The third-order valence-corrected chi connectivity index (χ3v) is 7.21. The molecule has 3 atom stereocenters. The van der Waals surface area contributed by atoms with Gasteiger partial charge in [0, 0.05) is 25.1 Å². The van der Waals surface area contributed by atoms with Crippen molar-refractivity contribution in [3.63, 3.8) is 0 Å². The smallest absolute Gasteiger partial charge is 0.192 e. The van der Waals surface area contributed by atoms with E-state index < -0.39 is 0 Å². The Morgan fingerprint density at radius 2 is 1.97 bits per heavy atom. The summed E-state index contributed by atoms with van der Waals surface area (Å²) >= 11 is 0. The van der Waals surface area contributed by atoms with Gasteiger partial charge in [0.25, 0.3) is 0 Å². The number of rotatable bonds is 7. The summed E-state index contributed by atoms with van der Waals surface area (Å²) in [7, 11) is 1.99. The molecule has 1 spiro atoms. The van der Waals surface area contributed by atoms with Crippen molar-refractivity contribution in [2.45, 2.75) is 77.6 Å². The molecule has 2 aromatic rings. The minimum absolute atomic E-state index is 0.